The number of rotatable bonds is 5. The Morgan fingerprint density at radius 2 is 1.89 bits per heavy atom. The fourth-order valence-corrected chi connectivity index (χ4v) is 2.72. The van der Waals surface area contributed by atoms with Crippen molar-refractivity contribution >= 4 is 11.9 Å². The molecule has 134 valence electrons. The lowest BCUT2D eigenvalue weighted by Crippen LogP contribution is -2.15. The summed E-state index contributed by atoms with van der Waals surface area (Å²) in [5, 5.41) is 13.5. The molecule has 0 unspecified atom stereocenters. The van der Waals surface area contributed by atoms with E-state index < -0.39 is 0 Å². The fourth-order valence-electron chi connectivity index (χ4n) is 2.72. The molecule has 0 fully saturated rings. The molecule has 0 atom stereocenters. The van der Waals surface area contributed by atoms with Crippen LogP contribution in [-0.2, 0) is 11.2 Å². The Hall–Kier alpha value is -3.81. The topological polar surface area (TPSA) is 88.5 Å². The average molecular weight is 362 g/mol. The highest BCUT2D eigenvalue weighted by Crippen LogP contribution is 2.24. The van der Waals surface area contributed by atoms with Gasteiger partial charge in [0.1, 0.15) is 12.1 Å². The van der Waals surface area contributed by atoms with Crippen molar-refractivity contribution in [3.05, 3.63) is 78.5 Å². The summed E-state index contributed by atoms with van der Waals surface area (Å²) in [6, 6.07) is 15.6. The molecule has 2 aromatic heterocycles. The van der Waals surface area contributed by atoms with E-state index in [1.807, 2.05) is 30.3 Å². The number of aromatic nitrogens is 5. The Labute approximate surface area is 153 Å². The molecule has 0 aliphatic carbocycles. The molecule has 0 aliphatic rings. The van der Waals surface area contributed by atoms with Crippen molar-refractivity contribution in [3.8, 4) is 16.9 Å². The van der Waals surface area contributed by atoms with Gasteiger partial charge in [-0.3, -0.25) is 10.1 Å². The third-order valence-corrected chi connectivity index (χ3v) is 3.95. The molecule has 2 N–H and O–H groups in total. The maximum Gasteiger partial charge on any atom is 0.231 e. The van der Waals surface area contributed by atoms with Crippen molar-refractivity contribution < 1.29 is 9.18 Å². The van der Waals surface area contributed by atoms with Crippen molar-refractivity contribution in [1.82, 2.24) is 25.0 Å². The van der Waals surface area contributed by atoms with Crippen LogP contribution in [-0.4, -0.2) is 30.9 Å². The van der Waals surface area contributed by atoms with Gasteiger partial charge < -0.3 is 0 Å². The molecule has 0 aliphatic heterocycles. The quantitative estimate of drug-likeness (QED) is 0.571. The Morgan fingerprint density at radius 3 is 2.59 bits per heavy atom. The molecule has 0 radical (unpaired) electrons. The number of carbonyl (C=O) groups is 1. The number of anilines is 1. The van der Waals surface area contributed by atoms with Crippen molar-refractivity contribution in [1.29, 1.82) is 0 Å². The van der Waals surface area contributed by atoms with Crippen LogP contribution in [0.1, 0.15) is 5.56 Å². The number of nitrogens with zero attached hydrogens (tertiary/aromatic N) is 4. The lowest BCUT2D eigenvalue weighted by Gasteiger charge is -2.03. The van der Waals surface area contributed by atoms with E-state index in [-0.39, 0.29) is 24.1 Å². The number of benzene rings is 2. The zero-order chi connectivity index (χ0) is 18.6. The van der Waals surface area contributed by atoms with Gasteiger partial charge in [0.15, 0.2) is 0 Å². The number of H-pyrrole nitrogens is 1. The van der Waals surface area contributed by atoms with Gasteiger partial charge in [-0.25, -0.2) is 14.2 Å². The fraction of sp³-hybridized carbons (Fsp3) is 0.0526. The third-order valence-electron chi connectivity index (χ3n) is 3.95. The molecule has 1 amide bonds. The predicted octanol–water partition coefficient (Wildman–Crippen LogP) is 2.98. The predicted molar refractivity (Wildman–Crippen MR) is 97.7 cm³/mol. The number of hydrogen-bond acceptors (Lipinski definition) is 4. The lowest BCUT2D eigenvalue weighted by atomic mass is 10.1. The molecular formula is C19H15FN6O. The van der Waals surface area contributed by atoms with Crippen LogP contribution < -0.4 is 5.32 Å². The number of para-hydroxylation sites is 1. The molecule has 4 aromatic rings. The Morgan fingerprint density at radius 1 is 1.11 bits per heavy atom. The van der Waals surface area contributed by atoms with E-state index in [1.165, 1.54) is 18.5 Å². The summed E-state index contributed by atoms with van der Waals surface area (Å²) in [5.41, 5.74) is 2.92. The zero-order valence-corrected chi connectivity index (χ0v) is 14.1. The van der Waals surface area contributed by atoms with E-state index in [0.29, 0.717) is 11.3 Å². The second-order valence-electron chi connectivity index (χ2n) is 5.85. The number of hydrogen-bond donors (Lipinski definition) is 2. The van der Waals surface area contributed by atoms with Gasteiger partial charge in [0.2, 0.25) is 11.9 Å². The van der Waals surface area contributed by atoms with Gasteiger partial charge in [0.25, 0.3) is 0 Å². The second kappa shape index (κ2) is 7.20. The number of amides is 1. The first kappa shape index (κ1) is 16.6. The minimum Gasteiger partial charge on any atom is -0.295 e. The maximum atomic E-state index is 13.3. The molecule has 27 heavy (non-hydrogen) atoms. The Balaban J connectivity index is 1.68. The van der Waals surface area contributed by atoms with Crippen LogP contribution in [0.3, 0.4) is 0 Å². The molecule has 0 saturated carbocycles. The van der Waals surface area contributed by atoms with Gasteiger partial charge in [0, 0.05) is 17.3 Å². The lowest BCUT2D eigenvalue weighted by molar-refractivity contribution is -0.115. The second-order valence-corrected chi connectivity index (χ2v) is 5.85. The summed E-state index contributed by atoms with van der Waals surface area (Å²) in [4.78, 5) is 16.2. The summed E-state index contributed by atoms with van der Waals surface area (Å²) < 4.78 is 15.0. The number of halogens is 1. The highest BCUT2D eigenvalue weighted by atomic mass is 19.1. The minimum absolute atomic E-state index is 0.0836. The number of carbonyl (C=O) groups excluding carboxylic acids is 1. The SMILES string of the molecule is O=C(Cc1cn(-c2ccccc2)nc1-c1ccc(F)cc1)Nc1ncn[nH]1. The first-order valence-electron chi connectivity index (χ1n) is 8.24. The molecular weight excluding hydrogens is 347 g/mol. The minimum atomic E-state index is -0.328. The summed E-state index contributed by atoms with van der Waals surface area (Å²) in [6.45, 7) is 0. The van der Waals surface area contributed by atoms with Crippen LogP contribution >= 0.6 is 0 Å². The Kier molecular flexibility index (Phi) is 4.44. The van der Waals surface area contributed by atoms with Crippen molar-refractivity contribution in [3.63, 3.8) is 0 Å². The molecule has 0 saturated heterocycles. The molecule has 0 bridgehead atoms. The summed E-state index contributed by atoms with van der Waals surface area (Å²) in [5.74, 6) is -0.313. The molecule has 2 heterocycles. The smallest absolute Gasteiger partial charge is 0.231 e. The highest BCUT2D eigenvalue weighted by molar-refractivity contribution is 5.91. The van der Waals surface area contributed by atoms with E-state index in [1.54, 1.807) is 23.0 Å². The van der Waals surface area contributed by atoms with Crippen LogP contribution in [0.5, 0.6) is 0 Å². The molecule has 2 aromatic carbocycles. The Bertz CT molecular complexity index is 1040. The maximum absolute atomic E-state index is 13.3. The number of aromatic amines is 1. The molecule has 0 spiro atoms. The summed E-state index contributed by atoms with van der Waals surface area (Å²) in [7, 11) is 0. The normalized spacial score (nSPS) is 10.7. The highest BCUT2D eigenvalue weighted by Gasteiger charge is 2.16. The van der Waals surface area contributed by atoms with Gasteiger partial charge in [-0.15, -0.1) is 0 Å². The van der Waals surface area contributed by atoms with Crippen molar-refractivity contribution in [2.24, 2.45) is 0 Å². The third kappa shape index (κ3) is 3.74. The number of nitrogens with one attached hydrogen (secondary N) is 2. The average Bonchev–Trinajstić information content (AvgIpc) is 3.33. The largest absolute Gasteiger partial charge is 0.295 e. The zero-order valence-electron chi connectivity index (χ0n) is 14.1. The van der Waals surface area contributed by atoms with Gasteiger partial charge >= 0.3 is 0 Å². The monoisotopic (exact) mass is 362 g/mol. The van der Waals surface area contributed by atoms with Gasteiger partial charge in [-0.1, -0.05) is 18.2 Å². The standard InChI is InChI=1S/C19H15FN6O/c20-15-8-6-13(7-9-15)18-14(10-17(27)23-19-21-12-22-24-19)11-26(25-18)16-4-2-1-3-5-16/h1-9,11-12H,10H2,(H2,21,22,23,24,27). The van der Waals surface area contributed by atoms with Gasteiger partial charge in [-0.2, -0.15) is 15.2 Å². The van der Waals surface area contributed by atoms with Crippen LogP contribution in [0.4, 0.5) is 10.3 Å². The first-order valence-corrected chi connectivity index (χ1v) is 8.24. The van der Waals surface area contributed by atoms with E-state index in [4.69, 9.17) is 0 Å². The van der Waals surface area contributed by atoms with Gasteiger partial charge in [-0.05, 0) is 36.4 Å². The van der Waals surface area contributed by atoms with E-state index in [2.05, 4.69) is 25.6 Å². The summed E-state index contributed by atoms with van der Waals surface area (Å²) in [6.07, 6.45) is 3.20. The van der Waals surface area contributed by atoms with Crippen molar-refractivity contribution in [2.45, 2.75) is 6.42 Å². The molecule has 8 heteroatoms. The van der Waals surface area contributed by atoms with E-state index in [0.717, 1.165) is 11.3 Å². The molecule has 4 rings (SSSR count). The van der Waals surface area contributed by atoms with Crippen LogP contribution in [0.25, 0.3) is 16.9 Å². The van der Waals surface area contributed by atoms with Crippen molar-refractivity contribution in [2.75, 3.05) is 5.32 Å². The van der Waals surface area contributed by atoms with E-state index in [9.17, 15) is 9.18 Å². The van der Waals surface area contributed by atoms with Gasteiger partial charge in [0.05, 0.1) is 17.8 Å². The molecule has 7 nitrogen and oxygen atoms in total. The van der Waals surface area contributed by atoms with Crippen LogP contribution in [0.2, 0.25) is 0 Å². The van der Waals surface area contributed by atoms with E-state index >= 15 is 0 Å². The van der Waals surface area contributed by atoms with Crippen LogP contribution in [0, 0.1) is 5.82 Å². The summed E-state index contributed by atoms with van der Waals surface area (Å²) >= 11 is 0. The van der Waals surface area contributed by atoms with Crippen LogP contribution in [0.15, 0.2) is 67.1 Å². The first-order chi connectivity index (χ1) is 13.2.